The molecule has 3 atom stereocenters. The summed E-state index contributed by atoms with van der Waals surface area (Å²) >= 11 is 0. The molecule has 0 aliphatic heterocycles. The topological polar surface area (TPSA) is 65.0 Å². The average molecular weight is 589 g/mol. The van der Waals surface area contributed by atoms with Gasteiger partial charge in [0, 0.05) is 20.1 Å². The highest BCUT2D eigenvalue weighted by Crippen LogP contribution is 2.51. The van der Waals surface area contributed by atoms with Gasteiger partial charge in [-0.15, -0.1) is 0 Å². The highest BCUT2D eigenvalue weighted by molar-refractivity contribution is 7.53. The van der Waals surface area contributed by atoms with Crippen molar-refractivity contribution in [2.75, 3.05) is 48.1 Å². The maximum atomic E-state index is 12.7. The van der Waals surface area contributed by atoms with Crippen LogP contribution >= 0.6 is 7.60 Å². The normalized spacial score (nSPS) is 15.7. The Bertz CT molecular complexity index is 662. The van der Waals surface area contributed by atoms with E-state index in [0.29, 0.717) is 24.1 Å². The van der Waals surface area contributed by atoms with Gasteiger partial charge in [-0.2, -0.15) is 0 Å². The van der Waals surface area contributed by atoms with Gasteiger partial charge in [0.1, 0.15) is 6.10 Å². The number of unbranched alkanes of at least 4 members (excludes halogenated alkanes) is 14. The molecule has 2 unspecified atom stereocenters. The first-order chi connectivity index (χ1) is 19.2. The van der Waals surface area contributed by atoms with E-state index >= 15 is 0 Å². The van der Waals surface area contributed by atoms with Crippen molar-refractivity contribution in [3.8, 4) is 0 Å². The van der Waals surface area contributed by atoms with E-state index in [0.717, 1.165) is 19.3 Å². The van der Waals surface area contributed by atoms with Gasteiger partial charge in [0.2, 0.25) is 0 Å². The second kappa shape index (κ2) is 26.2. The van der Waals surface area contributed by atoms with Crippen molar-refractivity contribution in [2.24, 2.45) is 0 Å². The van der Waals surface area contributed by atoms with Crippen molar-refractivity contribution < 1.29 is 27.9 Å². The third-order valence-electron chi connectivity index (χ3n) is 7.43. The molecular formula is C33H67NO5P+. The minimum absolute atomic E-state index is 0.0584. The summed E-state index contributed by atoms with van der Waals surface area (Å²) in [4.78, 5) is 10.4. The molecule has 238 valence electrons. The zero-order valence-corrected chi connectivity index (χ0v) is 28.2. The summed E-state index contributed by atoms with van der Waals surface area (Å²) in [6, 6.07) is 0. The van der Waals surface area contributed by atoms with Gasteiger partial charge < -0.3 is 23.4 Å². The van der Waals surface area contributed by atoms with Gasteiger partial charge >= 0.3 is 7.60 Å². The van der Waals surface area contributed by atoms with Gasteiger partial charge in [0.25, 0.3) is 0 Å². The predicted molar refractivity (Wildman–Crippen MR) is 172 cm³/mol. The lowest BCUT2D eigenvalue weighted by atomic mass is 10.1. The smallest absolute Gasteiger partial charge is 0.379 e. The summed E-state index contributed by atoms with van der Waals surface area (Å²) in [6.45, 7) is 5.26. The Morgan fingerprint density at radius 1 is 0.700 bits per heavy atom. The van der Waals surface area contributed by atoms with Gasteiger partial charge in [0.15, 0.2) is 5.78 Å². The standard InChI is InChI=1S/C33H66NO5P/c1-7-9-10-11-12-13-14-15-16-17-18-19-20-21-22-23-24-25-26-27-28-29-38-30-32(37-6)31-39-40(35,36)33(8-2)34(3,4)5/h11-12,23-24,32-33H,7-10,13-22,25-31H2,1-6H3/p+1/b12-11-,24-23-/t32-,33?/m1/s1. The minimum Gasteiger partial charge on any atom is -0.379 e. The first-order valence-corrected chi connectivity index (χ1v) is 18.0. The molecule has 0 bridgehead atoms. The number of methoxy groups -OCH3 is 1. The number of ether oxygens (including phenoxy) is 2. The van der Waals surface area contributed by atoms with Gasteiger partial charge in [0.05, 0.1) is 34.4 Å². The van der Waals surface area contributed by atoms with Crippen LogP contribution in [0.2, 0.25) is 0 Å². The summed E-state index contributed by atoms with van der Waals surface area (Å²) in [5.41, 5.74) is 0. The fourth-order valence-electron chi connectivity index (χ4n) is 4.91. The lowest BCUT2D eigenvalue weighted by Gasteiger charge is -2.35. The van der Waals surface area contributed by atoms with Crippen LogP contribution in [0.5, 0.6) is 0 Å². The molecule has 0 heterocycles. The Balaban J connectivity index is 3.60. The van der Waals surface area contributed by atoms with Crippen LogP contribution in [0.3, 0.4) is 0 Å². The molecule has 0 aliphatic rings. The van der Waals surface area contributed by atoms with Crippen LogP contribution in [0.4, 0.5) is 0 Å². The largest absolute Gasteiger partial charge is 0.385 e. The molecule has 0 saturated carbocycles. The number of rotatable bonds is 29. The van der Waals surface area contributed by atoms with Gasteiger partial charge in [-0.25, -0.2) is 0 Å². The number of hydrogen-bond acceptors (Lipinski definition) is 4. The molecule has 0 spiro atoms. The first-order valence-electron chi connectivity index (χ1n) is 16.4. The lowest BCUT2D eigenvalue weighted by Crippen LogP contribution is -2.45. The fraction of sp³-hybridized carbons (Fsp3) is 0.879. The molecular weight excluding hydrogens is 521 g/mol. The molecule has 6 nitrogen and oxygen atoms in total. The van der Waals surface area contributed by atoms with E-state index in [9.17, 15) is 9.46 Å². The highest BCUT2D eigenvalue weighted by Gasteiger charge is 2.41. The summed E-state index contributed by atoms with van der Waals surface area (Å²) < 4.78 is 29.7. The van der Waals surface area contributed by atoms with E-state index in [1.165, 1.54) is 89.9 Å². The quantitative estimate of drug-likeness (QED) is 0.0408. The van der Waals surface area contributed by atoms with E-state index in [1.807, 2.05) is 28.1 Å². The van der Waals surface area contributed by atoms with Crippen LogP contribution in [0.25, 0.3) is 0 Å². The molecule has 7 heteroatoms. The second-order valence-corrected chi connectivity index (χ2v) is 14.1. The van der Waals surface area contributed by atoms with E-state index in [2.05, 4.69) is 31.2 Å². The van der Waals surface area contributed by atoms with Crippen molar-refractivity contribution >= 4 is 7.60 Å². The fourth-order valence-corrected chi connectivity index (χ4v) is 6.80. The highest BCUT2D eigenvalue weighted by atomic mass is 31.2. The maximum Gasteiger partial charge on any atom is 0.385 e. The van der Waals surface area contributed by atoms with E-state index in [-0.39, 0.29) is 12.7 Å². The molecule has 0 aromatic carbocycles. The van der Waals surface area contributed by atoms with Crippen molar-refractivity contribution in [1.29, 1.82) is 0 Å². The van der Waals surface area contributed by atoms with E-state index in [1.54, 1.807) is 7.11 Å². The minimum atomic E-state index is -3.75. The Kier molecular flexibility index (Phi) is 25.8. The monoisotopic (exact) mass is 588 g/mol. The van der Waals surface area contributed by atoms with Crippen LogP contribution in [-0.2, 0) is 18.6 Å². The average Bonchev–Trinajstić information content (AvgIpc) is 2.90. The molecule has 0 aliphatic carbocycles. The molecule has 0 aromatic heterocycles. The van der Waals surface area contributed by atoms with Crippen LogP contribution < -0.4 is 0 Å². The number of nitrogens with zero attached hydrogens (tertiary/aromatic N) is 1. The lowest BCUT2D eigenvalue weighted by molar-refractivity contribution is -0.883. The van der Waals surface area contributed by atoms with Crippen molar-refractivity contribution in [1.82, 2.24) is 0 Å². The Morgan fingerprint density at radius 2 is 1.15 bits per heavy atom. The molecule has 1 N–H and O–H groups in total. The Labute approximate surface area is 249 Å². The molecule has 0 radical (unpaired) electrons. The molecule has 0 aromatic rings. The van der Waals surface area contributed by atoms with Gasteiger partial charge in [-0.3, -0.25) is 4.57 Å². The number of allylic oxidation sites excluding steroid dienone is 4. The molecule has 0 fully saturated rings. The van der Waals surface area contributed by atoms with Gasteiger partial charge in [-0.05, 0) is 51.4 Å². The third kappa shape index (κ3) is 23.1. The van der Waals surface area contributed by atoms with E-state index in [4.69, 9.17) is 14.0 Å². The zero-order valence-electron chi connectivity index (χ0n) is 27.3. The van der Waals surface area contributed by atoms with Crippen molar-refractivity contribution in [2.45, 2.75) is 141 Å². The van der Waals surface area contributed by atoms with Crippen LogP contribution in [0.1, 0.15) is 129 Å². The number of hydrogen-bond donors (Lipinski definition) is 1. The van der Waals surface area contributed by atoms with Gasteiger partial charge in [-0.1, -0.05) is 95.9 Å². The summed E-state index contributed by atoms with van der Waals surface area (Å²) in [5, 5.41) is 0. The van der Waals surface area contributed by atoms with Crippen molar-refractivity contribution in [3.63, 3.8) is 0 Å². The Morgan fingerprint density at radius 3 is 1.57 bits per heavy atom. The third-order valence-corrected chi connectivity index (χ3v) is 9.76. The zero-order chi connectivity index (χ0) is 30.0. The number of quaternary nitrogens is 1. The first kappa shape index (κ1) is 39.5. The van der Waals surface area contributed by atoms with Crippen LogP contribution in [0, 0.1) is 0 Å². The summed E-state index contributed by atoms with van der Waals surface area (Å²) in [7, 11) is 3.57. The van der Waals surface area contributed by atoms with Crippen LogP contribution in [0.15, 0.2) is 24.3 Å². The SMILES string of the molecule is CCCC/C=C\CCCCCCCCCC/C=C\CCCCCOC[C@H](COP(=O)(O)C(CC)[N+](C)(C)C)OC. The van der Waals surface area contributed by atoms with Crippen LogP contribution in [-0.4, -0.2) is 69.3 Å². The molecule has 0 amide bonds. The maximum absolute atomic E-state index is 12.7. The summed E-state index contributed by atoms with van der Waals surface area (Å²) in [5.74, 6) is -0.461. The second-order valence-electron chi connectivity index (χ2n) is 12.1. The molecule has 40 heavy (non-hydrogen) atoms. The Hall–Kier alpha value is -0.490. The van der Waals surface area contributed by atoms with Crippen molar-refractivity contribution in [3.05, 3.63) is 24.3 Å². The summed E-state index contributed by atoms with van der Waals surface area (Å²) in [6.07, 6.45) is 31.5. The predicted octanol–water partition coefficient (Wildman–Crippen LogP) is 9.43. The molecule has 0 rings (SSSR count). The van der Waals surface area contributed by atoms with E-state index < -0.39 is 13.4 Å². The molecule has 0 saturated heterocycles.